The van der Waals surface area contributed by atoms with Gasteiger partial charge < -0.3 is 9.94 Å². The number of aryl methyl sites for hydroxylation is 1. The maximum Gasteiger partial charge on any atom is 0.119 e. The Balaban J connectivity index is 1.94. The lowest BCUT2D eigenvalue weighted by atomic mass is 10.0. The summed E-state index contributed by atoms with van der Waals surface area (Å²) in [4.78, 5) is 0. The molecule has 0 aromatic heterocycles. The van der Waals surface area contributed by atoms with Crippen LogP contribution in [0.25, 0.3) is 0 Å². The van der Waals surface area contributed by atoms with Gasteiger partial charge in [0, 0.05) is 5.56 Å². The van der Waals surface area contributed by atoms with Gasteiger partial charge in [0.2, 0.25) is 0 Å². The average molecular weight is 275 g/mol. The molecule has 1 aromatic carbocycles. The fraction of sp³-hybridized carbons (Fsp3) is 0.588. The van der Waals surface area contributed by atoms with Crippen LogP contribution in [0.2, 0.25) is 0 Å². The summed E-state index contributed by atoms with van der Waals surface area (Å²) < 4.78 is 5.95. The molecular formula is C17H25NO2. The Hall–Kier alpha value is -1.51. The minimum atomic E-state index is 0.651. The van der Waals surface area contributed by atoms with Crippen molar-refractivity contribution in [1.82, 2.24) is 0 Å². The summed E-state index contributed by atoms with van der Waals surface area (Å²) >= 11 is 0. The van der Waals surface area contributed by atoms with Gasteiger partial charge in [-0.05, 0) is 48.9 Å². The molecule has 0 fully saturated rings. The van der Waals surface area contributed by atoms with Gasteiger partial charge in [-0.2, -0.15) is 0 Å². The van der Waals surface area contributed by atoms with Crippen molar-refractivity contribution in [2.45, 2.75) is 52.4 Å². The van der Waals surface area contributed by atoms with Gasteiger partial charge in [0.15, 0.2) is 0 Å². The van der Waals surface area contributed by atoms with Crippen molar-refractivity contribution in [1.29, 1.82) is 0 Å². The van der Waals surface area contributed by atoms with Crippen LogP contribution in [0.3, 0.4) is 0 Å². The van der Waals surface area contributed by atoms with Crippen LogP contribution >= 0.6 is 0 Å². The topological polar surface area (TPSA) is 41.8 Å². The van der Waals surface area contributed by atoms with Crippen molar-refractivity contribution < 1.29 is 9.94 Å². The van der Waals surface area contributed by atoms with Crippen molar-refractivity contribution >= 4 is 5.71 Å². The average Bonchev–Trinajstić information content (AvgIpc) is 2.89. The smallest absolute Gasteiger partial charge is 0.119 e. The van der Waals surface area contributed by atoms with Crippen LogP contribution in [0.15, 0.2) is 23.4 Å². The number of hydrogen-bond acceptors (Lipinski definition) is 3. The predicted molar refractivity (Wildman–Crippen MR) is 81.9 cm³/mol. The second-order valence-corrected chi connectivity index (χ2v) is 5.59. The zero-order valence-electron chi connectivity index (χ0n) is 12.6. The molecule has 110 valence electrons. The molecule has 3 nitrogen and oxygen atoms in total. The molecule has 1 aromatic rings. The van der Waals surface area contributed by atoms with E-state index in [0.717, 1.165) is 36.5 Å². The Bertz CT molecular complexity index is 468. The summed E-state index contributed by atoms with van der Waals surface area (Å²) in [6.07, 6.45) is 6.72. The summed E-state index contributed by atoms with van der Waals surface area (Å²) in [5.74, 6) is 1.59. The molecule has 0 spiro atoms. The van der Waals surface area contributed by atoms with Gasteiger partial charge in [0.1, 0.15) is 5.75 Å². The van der Waals surface area contributed by atoms with E-state index in [4.69, 9.17) is 9.94 Å². The number of ether oxygens (including phenoxy) is 1. The molecule has 0 bridgehead atoms. The number of hydrogen-bond donors (Lipinski definition) is 1. The van der Waals surface area contributed by atoms with Gasteiger partial charge in [0.25, 0.3) is 0 Å². The summed E-state index contributed by atoms with van der Waals surface area (Å²) in [6, 6.07) is 6.10. The molecule has 0 heterocycles. The summed E-state index contributed by atoms with van der Waals surface area (Å²) in [5, 5.41) is 12.3. The van der Waals surface area contributed by atoms with Crippen LogP contribution in [-0.4, -0.2) is 17.5 Å². The van der Waals surface area contributed by atoms with Gasteiger partial charge in [0.05, 0.1) is 12.3 Å². The minimum absolute atomic E-state index is 0.651. The molecular weight excluding hydrogens is 250 g/mol. The van der Waals surface area contributed by atoms with Gasteiger partial charge in [-0.1, -0.05) is 38.3 Å². The highest BCUT2D eigenvalue weighted by Gasteiger charge is 2.18. The highest BCUT2D eigenvalue weighted by atomic mass is 16.5. The molecule has 0 aliphatic heterocycles. The monoisotopic (exact) mass is 275 g/mol. The zero-order valence-corrected chi connectivity index (χ0v) is 12.6. The summed E-state index contributed by atoms with van der Waals surface area (Å²) in [6.45, 7) is 5.26. The summed E-state index contributed by atoms with van der Waals surface area (Å²) in [5.41, 5.74) is 3.09. The Morgan fingerprint density at radius 2 is 2.15 bits per heavy atom. The third kappa shape index (κ3) is 3.53. The third-order valence-corrected chi connectivity index (χ3v) is 4.17. The Kier molecular flexibility index (Phi) is 5.45. The molecule has 1 aliphatic rings. The molecule has 1 N–H and O–H groups in total. The van der Waals surface area contributed by atoms with Crippen molar-refractivity contribution in [2.24, 2.45) is 11.1 Å². The van der Waals surface area contributed by atoms with Crippen LogP contribution in [0.1, 0.15) is 57.1 Å². The molecule has 3 heteroatoms. The van der Waals surface area contributed by atoms with E-state index >= 15 is 0 Å². The SMILES string of the molecule is CCCCC(CC)COc1ccc2c(c1)CC/C2=N\O. The van der Waals surface area contributed by atoms with Crippen molar-refractivity contribution in [3.63, 3.8) is 0 Å². The predicted octanol–water partition coefficient (Wildman–Crippen LogP) is 4.41. The molecule has 2 rings (SSSR count). The number of benzene rings is 1. The van der Waals surface area contributed by atoms with E-state index in [1.54, 1.807) is 0 Å². The number of nitrogens with zero attached hydrogens (tertiary/aromatic N) is 1. The number of oxime groups is 1. The van der Waals surface area contributed by atoms with Crippen LogP contribution in [0.4, 0.5) is 0 Å². The van der Waals surface area contributed by atoms with Crippen molar-refractivity contribution in [2.75, 3.05) is 6.61 Å². The maximum absolute atomic E-state index is 8.93. The van der Waals surface area contributed by atoms with Gasteiger partial charge in [-0.15, -0.1) is 0 Å². The van der Waals surface area contributed by atoms with Crippen LogP contribution in [0.5, 0.6) is 5.75 Å². The Labute approximate surface area is 121 Å². The van der Waals surface area contributed by atoms with Crippen LogP contribution in [0, 0.1) is 5.92 Å². The largest absolute Gasteiger partial charge is 0.493 e. The van der Waals surface area contributed by atoms with E-state index in [-0.39, 0.29) is 0 Å². The fourth-order valence-corrected chi connectivity index (χ4v) is 2.75. The van der Waals surface area contributed by atoms with E-state index in [1.165, 1.54) is 31.2 Å². The van der Waals surface area contributed by atoms with Crippen LogP contribution < -0.4 is 4.74 Å². The van der Waals surface area contributed by atoms with Gasteiger partial charge >= 0.3 is 0 Å². The fourth-order valence-electron chi connectivity index (χ4n) is 2.75. The normalized spacial score (nSPS) is 17.2. The molecule has 1 aliphatic carbocycles. The van der Waals surface area contributed by atoms with E-state index in [1.807, 2.05) is 12.1 Å². The molecule has 1 unspecified atom stereocenters. The first-order valence-electron chi connectivity index (χ1n) is 7.75. The van der Waals surface area contributed by atoms with Crippen molar-refractivity contribution in [3.8, 4) is 5.75 Å². The molecule has 0 amide bonds. The van der Waals surface area contributed by atoms with Crippen molar-refractivity contribution in [3.05, 3.63) is 29.3 Å². The number of fused-ring (bicyclic) bond motifs is 1. The summed E-state index contributed by atoms with van der Waals surface area (Å²) in [7, 11) is 0. The molecule has 0 saturated heterocycles. The van der Waals surface area contributed by atoms with E-state index in [2.05, 4.69) is 25.1 Å². The third-order valence-electron chi connectivity index (χ3n) is 4.17. The van der Waals surface area contributed by atoms with E-state index in [0.29, 0.717) is 5.92 Å². The first kappa shape index (κ1) is 14.9. The lowest BCUT2D eigenvalue weighted by molar-refractivity contribution is 0.233. The molecule has 20 heavy (non-hydrogen) atoms. The minimum Gasteiger partial charge on any atom is -0.493 e. The van der Waals surface area contributed by atoms with Gasteiger partial charge in [-0.3, -0.25) is 0 Å². The van der Waals surface area contributed by atoms with Gasteiger partial charge in [-0.25, -0.2) is 0 Å². The van der Waals surface area contributed by atoms with E-state index in [9.17, 15) is 0 Å². The highest BCUT2D eigenvalue weighted by molar-refractivity contribution is 6.04. The quantitative estimate of drug-likeness (QED) is 0.591. The van der Waals surface area contributed by atoms with E-state index < -0.39 is 0 Å². The highest BCUT2D eigenvalue weighted by Crippen LogP contribution is 2.27. The first-order valence-corrected chi connectivity index (χ1v) is 7.75. The zero-order chi connectivity index (χ0) is 14.4. The Morgan fingerprint density at radius 1 is 1.30 bits per heavy atom. The Morgan fingerprint density at radius 3 is 2.85 bits per heavy atom. The standard InChI is InChI=1S/C17H25NO2/c1-3-5-6-13(4-2)12-20-15-8-9-16-14(11-15)7-10-17(16)18-19/h8-9,11,13,19H,3-7,10,12H2,1-2H3/b18-17+. The second-order valence-electron chi connectivity index (χ2n) is 5.59. The lowest BCUT2D eigenvalue weighted by Gasteiger charge is -2.16. The van der Waals surface area contributed by atoms with Crippen LogP contribution in [-0.2, 0) is 6.42 Å². The molecule has 0 saturated carbocycles. The number of rotatable bonds is 7. The first-order chi connectivity index (χ1) is 9.78. The second kappa shape index (κ2) is 7.32. The maximum atomic E-state index is 8.93. The molecule has 0 radical (unpaired) electrons. The lowest BCUT2D eigenvalue weighted by Crippen LogP contribution is -2.11. The number of unbranched alkanes of at least 4 members (excludes halogenated alkanes) is 1. The molecule has 1 atom stereocenters.